The van der Waals surface area contributed by atoms with Crippen molar-refractivity contribution in [3.63, 3.8) is 0 Å². The van der Waals surface area contributed by atoms with Gasteiger partial charge in [-0.15, -0.1) is 0 Å². The number of benzene rings is 2. The Morgan fingerprint density at radius 1 is 0.952 bits per heavy atom. The summed E-state index contributed by atoms with van der Waals surface area (Å²) in [5.74, 6) is -0.350. The third-order valence-electron chi connectivity index (χ3n) is 3.10. The van der Waals surface area contributed by atoms with Gasteiger partial charge in [-0.25, -0.2) is 4.39 Å². The predicted molar refractivity (Wildman–Crippen MR) is 73.0 cm³/mol. The number of halogens is 4. The highest BCUT2D eigenvalue weighted by Gasteiger charge is 2.32. The van der Waals surface area contributed by atoms with Crippen LogP contribution in [-0.4, -0.2) is 11.9 Å². The smallest absolute Gasteiger partial charge is 0.298 e. The van der Waals surface area contributed by atoms with Gasteiger partial charge in [0.15, 0.2) is 0 Å². The second-order valence-electron chi connectivity index (χ2n) is 4.96. The van der Waals surface area contributed by atoms with Crippen LogP contribution in [0.25, 0.3) is 0 Å². The summed E-state index contributed by atoms with van der Waals surface area (Å²) in [6.07, 6.45) is -4.36. The first kappa shape index (κ1) is 15.5. The third kappa shape index (κ3) is 4.29. The highest BCUT2D eigenvalue weighted by molar-refractivity contribution is 5.29. The van der Waals surface area contributed by atoms with Crippen molar-refractivity contribution < 1.29 is 17.6 Å². The van der Waals surface area contributed by atoms with E-state index in [0.29, 0.717) is 6.54 Å². The number of nitrogens with zero attached hydrogens (tertiary/aromatic N) is 1. The average molecular weight is 297 g/mol. The molecule has 0 unspecified atom stereocenters. The lowest BCUT2D eigenvalue weighted by Crippen LogP contribution is -2.20. The number of hydrogen-bond acceptors (Lipinski definition) is 1. The van der Waals surface area contributed by atoms with Crippen LogP contribution >= 0.6 is 0 Å². The van der Waals surface area contributed by atoms with Crippen LogP contribution in [0.4, 0.5) is 17.6 Å². The van der Waals surface area contributed by atoms with Gasteiger partial charge in [-0.1, -0.05) is 30.3 Å². The molecule has 0 aliphatic rings. The second kappa shape index (κ2) is 6.26. The normalized spacial score (nSPS) is 11.9. The Labute approximate surface area is 120 Å². The molecule has 0 fully saturated rings. The fourth-order valence-corrected chi connectivity index (χ4v) is 2.23. The van der Waals surface area contributed by atoms with E-state index < -0.39 is 11.7 Å². The largest absolute Gasteiger partial charge is 0.416 e. The maximum absolute atomic E-state index is 13.1. The van der Waals surface area contributed by atoms with Crippen LogP contribution < -0.4 is 0 Å². The van der Waals surface area contributed by atoms with E-state index in [-0.39, 0.29) is 17.9 Å². The Bertz CT molecular complexity index is 607. The van der Waals surface area contributed by atoms with Crippen LogP contribution in [0.3, 0.4) is 0 Å². The van der Waals surface area contributed by atoms with Crippen molar-refractivity contribution in [2.45, 2.75) is 19.3 Å². The van der Waals surface area contributed by atoms with E-state index in [4.69, 9.17) is 0 Å². The lowest BCUT2D eigenvalue weighted by molar-refractivity contribution is -0.138. The van der Waals surface area contributed by atoms with Crippen LogP contribution in [0.1, 0.15) is 16.7 Å². The Morgan fingerprint density at radius 3 is 2.33 bits per heavy atom. The molecule has 0 radical (unpaired) electrons. The Hall–Kier alpha value is -1.88. The maximum Gasteiger partial charge on any atom is 0.416 e. The van der Waals surface area contributed by atoms with Gasteiger partial charge in [-0.2, -0.15) is 13.2 Å². The summed E-state index contributed by atoms with van der Waals surface area (Å²) in [7, 11) is 1.71. The van der Waals surface area contributed by atoms with Gasteiger partial charge < -0.3 is 0 Å². The Morgan fingerprint density at radius 2 is 1.67 bits per heavy atom. The number of hydrogen-bond donors (Lipinski definition) is 0. The molecule has 0 N–H and O–H groups in total. The summed E-state index contributed by atoms with van der Waals surface area (Å²) in [4.78, 5) is 1.72. The molecule has 0 saturated heterocycles. The van der Waals surface area contributed by atoms with E-state index >= 15 is 0 Å². The van der Waals surface area contributed by atoms with E-state index in [2.05, 4.69) is 0 Å². The summed E-state index contributed by atoms with van der Waals surface area (Å²) >= 11 is 0. The summed E-state index contributed by atoms with van der Waals surface area (Å²) < 4.78 is 51.8. The molecule has 2 aromatic carbocycles. The molecule has 0 spiro atoms. The van der Waals surface area contributed by atoms with Crippen molar-refractivity contribution in [1.82, 2.24) is 4.90 Å². The first-order valence-corrected chi connectivity index (χ1v) is 6.44. The molecule has 0 aromatic heterocycles. The van der Waals surface area contributed by atoms with Crippen molar-refractivity contribution >= 4 is 0 Å². The van der Waals surface area contributed by atoms with Crippen LogP contribution in [0.5, 0.6) is 0 Å². The lowest BCUT2D eigenvalue weighted by Gasteiger charge is -2.20. The molecule has 0 atom stereocenters. The van der Waals surface area contributed by atoms with Gasteiger partial charge in [-0.05, 0) is 36.4 Å². The minimum absolute atomic E-state index is 0.145. The van der Waals surface area contributed by atoms with Crippen LogP contribution in [0.2, 0.25) is 0 Å². The van der Waals surface area contributed by atoms with E-state index in [9.17, 15) is 17.6 Å². The topological polar surface area (TPSA) is 3.24 Å². The van der Waals surface area contributed by atoms with Crippen molar-refractivity contribution in [2.24, 2.45) is 0 Å². The molecule has 0 bridgehead atoms. The van der Waals surface area contributed by atoms with Crippen molar-refractivity contribution in [3.8, 4) is 0 Å². The van der Waals surface area contributed by atoms with Gasteiger partial charge >= 0.3 is 6.18 Å². The molecular formula is C16H15F4N. The summed E-state index contributed by atoms with van der Waals surface area (Å²) in [5, 5.41) is 0. The lowest BCUT2D eigenvalue weighted by atomic mass is 10.1. The standard InChI is InChI=1S/C16H15F4N/c1-21(10-12-5-4-7-14(17)9-12)11-13-6-2-3-8-15(13)16(18,19)20/h2-9H,10-11H2,1H3. The molecule has 5 heteroatoms. The van der Waals surface area contributed by atoms with E-state index in [1.54, 1.807) is 30.1 Å². The fraction of sp³-hybridized carbons (Fsp3) is 0.250. The van der Waals surface area contributed by atoms with E-state index in [0.717, 1.165) is 11.6 Å². The van der Waals surface area contributed by atoms with Gasteiger partial charge in [0.2, 0.25) is 0 Å². The van der Waals surface area contributed by atoms with Gasteiger partial charge in [0.25, 0.3) is 0 Å². The fourth-order valence-electron chi connectivity index (χ4n) is 2.23. The van der Waals surface area contributed by atoms with Gasteiger partial charge in [0.1, 0.15) is 5.82 Å². The van der Waals surface area contributed by atoms with Crippen LogP contribution in [0, 0.1) is 5.82 Å². The molecule has 1 nitrogen and oxygen atoms in total. The molecule has 2 rings (SSSR count). The molecule has 0 saturated carbocycles. The molecule has 0 heterocycles. The monoisotopic (exact) mass is 297 g/mol. The molecule has 0 aliphatic heterocycles. The molecular weight excluding hydrogens is 282 g/mol. The Balaban J connectivity index is 2.11. The molecule has 21 heavy (non-hydrogen) atoms. The van der Waals surface area contributed by atoms with Crippen molar-refractivity contribution in [1.29, 1.82) is 0 Å². The third-order valence-corrected chi connectivity index (χ3v) is 3.10. The zero-order valence-corrected chi connectivity index (χ0v) is 11.5. The SMILES string of the molecule is CN(Cc1cccc(F)c1)Cc1ccccc1C(F)(F)F. The van der Waals surface area contributed by atoms with Crippen LogP contribution in [0.15, 0.2) is 48.5 Å². The minimum atomic E-state index is -4.36. The zero-order valence-electron chi connectivity index (χ0n) is 11.5. The number of rotatable bonds is 4. The van der Waals surface area contributed by atoms with E-state index in [1.165, 1.54) is 24.3 Å². The second-order valence-corrected chi connectivity index (χ2v) is 4.96. The molecule has 0 amide bonds. The first-order chi connectivity index (χ1) is 9.86. The minimum Gasteiger partial charge on any atom is -0.298 e. The number of alkyl halides is 3. The summed E-state index contributed by atoms with van der Waals surface area (Å²) in [6.45, 7) is 0.524. The van der Waals surface area contributed by atoms with Crippen molar-refractivity contribution in [2.75, 3.05) is 7.05 Å². The van der Waals surface area contributed by atoms with Gasteiger partial charge in [-0.3, -0.25) is 4.90 Å². The summed E-state index contributed by atoms with van der Waals surface area (Å²) in [5.41, 5.74) is 0.307. The predicted octanol–water partition coefficient (Wildman–Crippen LogP) is 4.48. The summed E-state index contributed by atoms with van der Waals surface area (Å²) in [6, 6.07) is 11.5. The highest BCUT2D eigenvalue weighted by Crippen LogP contribution is 2.32. The maximum atomic E-state index is 13.1. The molecule has 2 aromatic rings. The zero-order chi connectivity index (χ0) is 15.5. The molecule has 112 valence electrons. The van der Waals surface area contributed by atoms with Gasteiger partial charge in [0, 0.05) is 13.1 Å². The van der Waals surface area contributed by atoms with Crippen LogP contribution in [-0.2, 0) is 19.3 Å². The van der Waals surface area contributed by atoms with Crippen molar-refractivity contribution in [3.05, 3.63) is 71.0 Å². The highest BCUT2D eigenvalue weighted by atomic mass is 19.4. The Kier molecular flexibility index (Phi) is 4.63. The first-order valence-electron chi connectivity index (χ1n) is 6.44. The van der Waals surface area contributed by atoms with E-state index in [1.807, 2.05) is 0 Å². The van der Waals surface area contributed by atoms with Gasteiger partial charge in [0.05, 0.1) is 5.56 Å². The molecule has 0 aliphatic carbocycles. The quantitative estimate of drug-likeness (QED) is 0.752. The average Bonchev–Trinajstić information content (AvgIpc) is 2.37.